The summed E-state index contributed by atoms with van der Waals surface area (Å²) in [6.45, 7) is 13.2. The van der Waals surface area contributed by atoms with Gasteiger partial charge in [-0.05, 0) is 39.0 Å². The fourth-order valence-corrected chi connectivity index (χ4v) is 2.04. The van der Waals surface area contributed by atoms with Gasteiger partial charge in [0.15, 0.2) is 0 Å². The highest BCUT2D eigenvalue weighted by molar-refractivity contribution is 5.75. The van der Waals surface area contributed by atoms with E-state index < -0.39 is 0 Å². The summed E-state index contributed by atoms with van der Waals surface area (Å²) in [7, 11) is 0. The molecule has 6 nitrogen and oxygen atoms in total. The van der Waals surface area contributed by atoms with E-state index in [4.69, 9.17) is 18.9 Å². The number of carbonyl (C=O) groups excluding carboxylic acids is 1. The van der Waals surface area contributed by atoms with Crippen LogP contribution in [0.5, 0.6) is 0 Å². The molecule has 0 heterocycles. The number of hydrogen-bond donors (Lipinski definition) is 1. The minimum atomic E-state index is 0.0434. The van der Waals surface area contributed by atoms with Crippen LogP contribution in [-0.2, 0) is 23.7 Å². The summed E-state index contributed by atoms with van der Waals surface area (Å²) in [5, 5.41) is 2.83. The normalized spacial score (nSPS) is 11.4. The summed E-state index contributed by atoms with van der Waals surface area (Å²) in [4.78, 5) is 11.5. The molecule has 0 radical (unpaired) electrons. The molecular formula is C19H39NO5. The number of hydrogen-bond acceptors (Lipinski definition) is 5. The lowest BCUT2D eigenvalue weighted by Gasteiger charge is -2.09. The van der Waals surface area contributed by atoms with E-state index in [-0.39, 0.29) is 12.0 Å². The number of rotatable bonds is 18. The molecule has 0 aromatic rings. The fraction of sp³-hybridized carbons (Fsp3) is 0.947. The van der Waals surface area contributed by atoms with Gasteiger partial charge in [0.1, 0.15) is 0 Å². The smallest absolute Gasteiger partial charge is 0.220 e. The molecule has 0 aromatic carbocycles. The van der Waals surface area contributed by atoms with Gasteiger partial charge in [-0.1, -0.05) is 13.8 Å². The summed E-state index contributed by atoms with van der Waals surface area (Å²) < 4.78 is 21.7. The molecule has 0 bridgehead atoms. The van der Waals surface area contributed by atoms with Gasteiger partial charge in [0, 0.05) is 26.2 Å². The molecule has 0 aliphatic rings. The molecule has 0 saturated carbocycles. The monoisotopic (exact) mass is 361 g/mol. The van der Waals surface area contributed by atoms with Crippen LogP contribution in [0.2, 0.25) is 0 Å². The van der Waals surface area contributed by atoms with Crippen LogP contribution in [-0.4, -0.2) is 64.8 Å². The van der Waals surface area contributed by atoms with E-state index in [1.165, 1.54) is 6.42 Å². The minimum absolute atomic E-state index is 0.0434. The van der Waals surface area contributed by atoms with Gasteiger partial charge in [-0.3, -0.25) is 4.79 Å². The lowest BCUT2D eigenvalue weighted by Crippen LogP contribution is -2.27. The van der Waals surface area contributed by atoms with E-state index in [1.54, 1.807) is 0 Å². The summed E-state index contributed by atoms with van der Waals surface area (Å²) in [6, 6.07) is 0. The predicted molar refractivity (Wildman–Crippen MR) is 99.9 cm³/mol. The Morgan fingerprint density at radius 3 is 2.00 bits per heavy atom. The molecule has 0 fully saturated rings. The molecule has 1 amide bonds. The Morgan fingerprint density at radius 2 is 1.40 bits per heavy atom. The summed E-state index contributed by atoms with van der Waals surface area (Å²) in [5.41, 5.74) is 0. The molecule has 25 heavy (non-hydrogen) atoms. The van der Waals surface area contributed by atoms with Crippen molar-refractivity contribution in [2.24, 2.45) is 5.92 Å². The van der Waals surface area contributed by atoms with Crippen LogP contribution in [0, 0.1) is 5.92 Å². The average Bonchev–Trinajstić information content (AvgIpc) is 2.55. The van der Waals surface area contributed by atoms with Gasteiger partial charge in [0.05, 0.1) is 39.1 Å². The fourth-order valence-electron chi connectivity index (χ4n) is 2.04. The van der Waals surface area contributed by atoms with Crippen molar-refractivity contribution in [2.75, 3.05) is 52.8 Å². The third-order valence-electron chi connectivity index (χ3n) is 3.38. The third kappa shape index (κ3) is 21.3. The van der Waals surface area contributed by atoms with Gasteiger partial charge in [-0.15, -0.1) is 0 Å². The van der Waals surface area contributed by atoms with Crippen molar-refractivity contribution < 1.29 is 23.7 Å². The SMILES string of the molecule is CC(C)CCCOCCOCCOCCNC(=O)CCCOC(C)C. The molecule has 6 heteroatoms. The van der Waals surface area contributed by atoms with Crippen LogP contribution < -0.4 is 5.32 Å². The molecular weight excluding hydrogens is 322 g/mol. The second kappa shape index (κ2) is 18.1. The Morgan fingerprint density at radius 1 is 0.800 bits per heavy atom. The Balaban J connectivity index is 3.14. The standard InChI is InChI=1S/C19H39NO5/c1-17(2)7-5-10-22-13-15-24-16-14-23-12-9-20-19(21)8-6-11-25-18(3)4/h17-18H,5-16H2,1-4H3,(H,20,21). The highest BCUT2D eigenvalue weighted by atomic mass is 16.5. The van der Waals surface area contributed by atoms with E-state index in [0.29, 0.717) is 52.6 Å². The first-order valence-corrected chi connectivity index (χ1v) is 9.64. The minimum Gasteiger partial charge on any atom is -0.379 e. The van der Waals surface area contributed by atoms with E-state index >= 15 is 0 Å². The largest absolute Gasteiger partial charge is 0.379 e. The lowest BCUT2D eigenvalue weighted by molar-refractivity contribution is -0.121. The van der Waals surface area contributed by atoms with Crippen LogP contribution in [0.15, 0.2) is 0 Å². The molecule has 0 unspecified atom stereocenters. The molecule has 0 aliphatic heterocycles. The van der Waals surface area contributed by atoms with Crippen molar-refractivity contribution in [1.82, 2.24) is 5.32 Å². The van der Waals surface area contributed by atoms with E-state index in [0.717, 1.165) is 25.4 Å². The first-order valence-electron chi connectivity index (χ1n) is 9.64. The second-order valence-electron chi connectivity index (χ2n) is 6.75. The Kier molecular flexibility index (Phi) is 17.6. The van der Waals surface area contributed by atoms with Crippen LogP contribution >= 0.6 is 0 Å². The first-order chi connectivity index (χ1) is 12.0. The maximum atomic E-state index is 11.5. The number of carbonyl (C=O) groups is 1. The summed E-state index contributed by atoms with van der Waals surface area (Å²) in [5.74, 6) is 0.780. The zero-order valence-electron chi connectivity index (χ0n) is 16.7. The molecule has 0 saturated heterocycles. The highest BCUT2D eigenvalue weighted by Gasteiger charge is 2.01. The molecule has 0 rings (SSSR count). The van der Waals surface area contributed by atoms with Crippen LogP contribution in [0.1, 0.15) is 53.4 Å². The van der Waals surface area contributed by atoms with Gasteiger partial charge in [-0.2, -0.15) is 0 Å². The molecule has 0 atom stereocenters. The third-order valence-corrected chi connectivity index (χ3v) is 3.38. The van der Waals surface area contributed by atoms with Gasteiger partial charge < -0.3 is 24.3 Å². The lowest BCUT2D eigenvalue weighted by atomic mass is 10.1. The second-order valence-corrected chi connectivity index (χ2v) is 6.75. The van der Waals surface area contributed by atoms with Crippen LogP contribution in [0.25, 0.3) is 0 Å². The van der Waals surface area contributed by atoms with Crippen molar-refractivity contribution in [3.05, 3.63) is 0 Å². The van der Waals surface area contributed by atoms with Gasteiger partial charge in [0.25, 0.3) is 0 Å². The number of amides is 1. The van der Waals surface area contributed by atoms with Crippen LogP contribution in [0.4, 0.5) is 0 Å². The Hall–Kier alpha value is -0.690. The predicted octanol–water partition coefficient (Wildman–Crippen LogP) is 2.79. The number of ether oxygens (including phenoxy) is 4. The zero-order chi connectivity index (χ0) is 18.8. The van der Waals surface area contributed by atoms with Gasteiger partial charge in [-0.25, -0.2) is 0 Å². The van der Waals surface area contributed by atoms with Crippen LogP contribution in [0.3, 0.4) is 0 Å². The maximum absolute atomic E-state index is 11.5. The topological polar surface area (TPSA) is 66.0 Å². The molecule has 0 spiro atoms. The van der Waals surface area contributed by atoms with E-state index in [1.807, 2.05) is 13.8 Å². The summed E-state index contributed by atoms with van der Waals surface area (Å²) in [6.07, 6.45) is 3.77. The van der Waals surface area contributed by atoms with Gasteiger partial charge >= 0.3 is 0 Å². The zero-order valence-corrected chi connectivity index (χ0v) is 16.7. The van der Waals surface area contributed by atoms with Crippen molar-refractivity contribution >= 4 is 5.91 Å². The molecule has 0 aliphatic carbocycles. The first kappa shape index (κ1) is 24.3. The van der Waals surface area contributed by atoms with Crippen molar-refractivity contribution in [1.29, 1.82) is 0 Å². The maximum Gasteiger partial charge on any atom is 0.220 e. The van der Waals surface area contributed by atoms with E-state index in [2.05, 4.69) is 19.2 Å². The molecule has 1 N–H and O–H groups in total. The van der Waals surface area contributed by atoms with Gasteiger partial charge in [0.2, 0.25) is 5.91 Å². The average molecular weight is 362 g/mol. The quantitative estimate of drug-likeness (QED) is 0.380. The van der Waals surface area contributed by atoms with E-state index in [9.17, 15) is 4.79 Å². The number of nitrogens with one attached hydrogen (secondary N) is 1. The Labute approximate surface area is 153 Å². The summed E-state index contributed by atoms with van der Waals surface area (Å²) >= 11 is 0. The Bertz CT molecular complexity index is 298. The van der Waals surface area contributed by atoms with Crippen molar-refractivity contribution in [3.63, 3.8) is 0 Å². The highest BCUT2D eigenvalue weighted by Crippen LogP contribution is 2.02. The molecule has 0 aromatic heterocycles. The van der Waals surface area contributed by atoms with Crippen molar-refractivity contribution in [3.8, 4) is 0 Å². The van der Waals surface area contributed by atoms with Crippen molar-refractivity contribution in [2.45, 2.75) is 59.5 Å². The molecule has 150 valence electrons.